The molecule has 1 aromatic heterocycles. The zero-order valence-corrected chi connectivity index (χ0v) is 19.6. The summed E-state index contributed by atoms with van der Waals surface area (Å²) < 4.78 is 7.78. The highest BCUT2D eigenvalue weighted by Crippen LogP contribution is 2.18. The van der Waals surface area contributed by atoms with Crippen LogP contribution in [-0.4, -0.2) is 34.9 Å². The average Bonchev–Trinajstić information content (AvgIpc) is 2.83. The molecule has 2 N–H and O–H groups in total. The number of rotatable bonds is 7. The van der Waals surface area contributed by atoms with Gasteiger partial charge in [0.2, 0.25) is 0 Å². The van der Waals surface area contributed by atoms with E-state index in [-0.39, 0.29) is 30.1 Å². The van der Waals surface area contributed by atoms with Gasteiger partial charge in [-0.3, -0.25) is 4.68 Å². The van der Waals surface area contributed by atoms with E-state index in [4.69, 9.17) is 16.3 Å². The molecule has 0 saturated carbocycles. The SMILES string of the molecule is CCNC(=NCc1c(C)nn(C)c1C)NCC(C)Oc1cccc(Cl)c1.I. The predicted molar refractivity (Wildman–Crippen MR) is 122 cm³/mol. The summed E-state index contributed by atoms with van der Waals surface area (Å²) in [5, 5.41) is 11.7. The number of nitrogens with one attached hydrogen (secondary N) is 2. The first-order valence-corrected chi connectivity index (χ1v) is 9.22. The second-order valence-electron chi connectivity index (χ2n) is 6.23. The van der Waals surface area contributed by atoms with E-state index in [9.17, 15) is 0 Å². The average molecular weight is 506 g/mol. The largest absolute Gasteiger partial charge is 0.489 e. The molecule has 0 saturated heterocycles. The van der Waals surface area contributed by atoms with Crippen LogP contribution in [0.25, 0.3) is 0 Å². The fourth-order valence-corrected chi connectivity index (χ4v) is 2.78. The maximum Gasteiger partial charge on any atom is 0.191 e. The number of guanidine groups is 1. The quantitative estimate of drug-likeness (QED) is 0.341. The van der Waals surface area contributed by atoms with Crippen molar-refractivity contribution in [2.45, 2.75) is 40.3 Å². The second kappa shape index (κ2) is 11.4. The van der Waals surface area contributed by atoms with E-state index in [0.29, 0.717) is 18.1 Å². The molecule has 0 fully saturated rings. The topological polar surface area (TPSA) is 63.5 Å². The van der Waals surface area contributed by atoms with Crippen LogP contribution in [0, 0.1) is 13.8 Å². The van der Waals surface area contributed by atoms with Gasteiger partial charge in [0.1, 0.15) is 11.9 Å². The Balaban J connectivity index is 0.00000364. The van der Waals surface area contributed by atoms with Crippen molar-refractivity contribution in [2.24, 2.45) is 12.0 Å². The molecule has 2 rings (SSSR count). The fourth-order valence-electron chi connectivity index (χ4n) is 2.60. The Bertz CT molecular complexity index is 763. The summed E-state index contributed by atoms with van der Waals surface area (Å²) in [6.45, 7) is 10.1. The molecule has 1 atom stereocenters. The van der Waals surface area contributed by atoms with Crippen LogP contribution in [-0.2, 0) is 13.6 Å². The van der Waals surface area contributed by atoms with Crippen LogP contribution in [0.3, 0.4) is 0 Å². The smallest absolute Gasteiger partial charge is 0.191 e. The molecule has 27 heavy (non-hydrogen) atoms. The molecular weight excluding hydrogens is 477 g/mol. The Morgan fingerprint density at radius 2 is 2.07 bits per heavy atom. The van der Waals surface area contributed by atoms with Crippen LogP contribution in [0.15, 0.2) is 29.3 Å². The van der Waals surface area contributed by atoms with Crippen molar-refractivity contribution in [2.75, 3.05) is 13.1 Å². The summed E-state index contributed by atoms with van der Waals surface area (Å²) in [6.07, 6.45) is -0.0285. The standard InChI is InChI=1S/C19H28ClN5O.HI/c1-6-21-19(23-12-18-14(3)24-25(5)15(18)4)22-11-13(2)26-17-9-7-8-16(20)10-17;/h7-10,13H,6,11-12H2,1-5H3,(H2,21,22,23);1H. The molecule has 6 nitrogen and oxygen atoms in total. The number of aryl methyl sites for hydroxylation is 2. The normalized spacial score (nSPS) is 12.3. The van der Waals surface area contributed by atoms with Gasteiger partial charge in [-0.15, -0.1) is 24.0 Å². The lowest BCUT2D eigenvalue weighted by molar-refractivity contribution is 0.224. The summed E-state index contributed by atoms with van der Waals surface area (Å²) in [5.74, 6) is 1.52. The molecule has 0 amide bonds. The van der Waals surface area contributed by atoms with E-state index < -0.39 is 0 Å². The lowest BCUT2D eigenvalue weighted by atomic mass is 10.2. The molecule has 0 spiro atoms. The van der Waals surface area contributed by atoms with Crippen LogP contribution < -0.4 is 15.4 Å². The molecule has 0 radical (unpaired) electrons. The van der Waals surface area contributed by atoms with Crippen LogP contribution >= 0.6 is 35.6 Å². The highest BCUT2D eigenvalue weighted by molar-refractivity contribution is 14.0. The van der Waals surface area contributed by atoms with Crippen LogP contribution in [0.4, 0.5) is 0 Å². The van der Waals surface area contributed by atoms with E-state index in [1.54, 1.807) is 0 Å². The van der Waals surface area contributed by atoms with E-state index >= 15 is 0 Å². The fraction of sp³-hybridized carbons (Fsp3) is 0.474. The Labute approximate surface area is 183 Å². The number of benzene rings is 1. The molecule has 1 heterocycles. The van der Waals surface area contributed by atoms with E-state index in [1.807, 2.05) is 56.8 Å². The van der Waals surface area contributed by atoms with E-state index in [2.05, 4.69) is 27.6 Å². The first-order valence-electron chi connectivity index (χ1n) is 8.84. The minimum atomic E-state index is -0.0285. The summed E-state index contributed by atoms with van der Waals surface area (Å²) in [4.78, 5) is 4.68. The molecule has 0 aliphatic carbocycles. The molecule has 1 aromatic carbocycles. The van der Waals surface area contributed by atoms with Gasteiger partial charge in [-0.25, -0.2) is 4.99 Å². The Hall–Kier alpha value is -1.48. The van der Waals surface area contributed by atoms with Crippen molar-refractivity contribution in [1.82, 2.24) is 20.4 Å². The number of halogens is 2. The Morgan fingerprint density at radius 1 is 1.33 bits per heavy atom. The van der Waals surface area contributed by atoms with Crippen molar-refractivity contribution in [1.29, 1.82) is 0 Å². The van der Waals surface area contributed by atoms with Crippen molar-refractivity contribution in [3.63, 3.8) is 0 Å². The first kappa shape index (κ1) is 23.6. The number of hydrogen-bond donors (Lipinski definition) is 2. The van der Waals surface area contributed by atoms with Crippen molar-refractivity contribution < 1.29 is 4.74 Å². The van der Waals surface area contributed by atoms with Crippen LogP contribution in [0.2, 0.25) is 5.02 Å². The minimum Gasteiger partial charge on any atom is -0.489 e. The van der Waals surface area contributed by atoms with Gasteiger partial charge in [-0.05, 0) is 45.9 Å². The molecule has 150 valence electrons. The van der Waals surface area contributed by atoms with Gasteiger partial charge in [0, 0.05) is 29.9 Å². The second-order valence-corrected chi connectivity index (χ2v) is 6.67. The monoisotopic (exact) mass is 505 g/mol. The van der Waals surface area contributed by atoms with Gasteiger partial charge in [-0.1, -0.05) is 17.7 Å². The van der Waals surface area contributed by atoms with Gasteiger partial charge in [-0.2, -0.15) is 5.10 Å². The van der Waals surface area contributed by atoms with Crippen LogP contribution in [0.1, 0.15) is 30.8 Å². The zero-order valence-electron chi connectivity index (χ0n) is 16.5. The van der Waals surface area contributed by atoms with Gasteiger partial charge >= 0.3 is 0 Å². The Kier molecular flexibility index (Phi) is 9.93. The summed E-state index contributed by atoms with van der Waals surface area (Å²) >= 11 is 5.99. The van der Waals surface area contributed by atoms with Gasteiger partial charge in [0.25, 0.3) is 0 Å². The number of ether oxygens (including phenoxy) is 1. The Morgan fingerprint density at radius 3 is 2.67 bits per heavy atom. The van der Waals surface area contributed by atoms with E-state index in [0.717, 1.165) is 35.2 Å². The van der Waals surface area contributed by atoms with Gasteiger partial charge in [0.05, 0.1) is 18.8 Å². The highest BCUT2D eigenvalue weighted by atomic mass is 127. The minimum absolute atomic E-state index is 0. The van der Waals surface area contributed by atoms with E-state index in [1.165, 1.54) is 0 Å². The predicted octanol–water partition coefficient (Wildman–Crippen LogP) is 3.83. The number of aliphatic imine (C=N–C) groups is 1. The third-order valence-electron chi connectivity index (χ3n) is 4.09. The van der Waals surface area contributed by atoms with Crippen molar-refractivity contribution in [3.8, 4) is 5.75 Å². The maximum atomic E-state index is 5.99. The third-order valence-corrected chi connectivity index (χ3v) is 4.32. The lowest BCUT2D eigenvalue weighted by Crippen LogP contribution is -2.41. The molecule has 0 aliphatic rings. The number of hydrogen-bond acceptors (Lipinski definition) is 3. The number of nitrogens with zero attached hydrogens (tertiary/aromatic N) is 3. The third kappa shape index (κ3) is 7.21. The molecule has 1 unspecified atom stereocenters. The molecular formula is C19H29ClIN5O. The molecule has 8 heteroatoms. The summed E-state index contributed by atoms with van der Waals surface area (Å²) in [6, 6.07) is 7.42. The summed E-state index contributed by atoms with van der Waals surface area (Å²) in [5.41, 5.74) is 3.31. The first-order chi connectivity index (χ1) is 12.4. The highest BCUT2D eigenvalue weighted by Gasteiger charge is 2.10. The lowest BCUT2D eigenvalue weighted by Gasteiger charge is -2.18. The van der Waals surface area contributed by atoms with Crippen LogP contribution in [0.5, 0.6) is 5.75 Å². The molecule has 0 aliphatic heterocycles. The van der Waals surface area contributed by atoms with Crippen molar-refractivity contribution in [3.05, 3.63) is 46.2 Å². The summed E-state index contributed by atoms with van der Waals surface area (Å²) in [7, 11) is 1.95. The van der Waals surface area contributed by atoms with Gasteiger partial charge < -0.3 is 15.4 Å². The molecule has 2 aromatic rings. The van der Waals surface area contributed by atoms with Crippen molar-refractivity contribution >= 4 is 41.5 Å². The van der Waals surface area contributed by atoms with Gasteiger partial charge in [0.15, 0.2) is 5.96 Å². The number of aromatic nitrogens is 2. The zero-order chi connectivity index (χ0) is 19.1. The maximum absolute atomic E-state index is 5.99. The molecule has 0 bridgehead atoms.